The highest BCUT2D eigenvalue weighted by Gasteiger charge is 2.29. The molecule has 122 valence electrons. The summed E-state index contributed by atoms with van der Waals surface area (Å²) in [7, 11) is -3.51. The Balaban J connectivity index is 2.36. The molecule has 0 bridgehead atoms. The first-order chi connectivity index (χ1) is 10.3. The second-order valence-electron chi connectivity index (χ2n) is 5.65. The average molecular weight is 342 g/mol. The van der Waals surface area contributed by atoms with Gasteiger partial charge >= 0.3 is 0 Å². The predicted octanol–water partition coefficient (Wildman–Crippen LogP) is 2.79. The van der Waals surface area contributed by atoms with E-state index in [-0.39, 0.29) is 10.8 Å². The number of carbonyl (C=O) groups is 1. The summed E-state index contributed by atoms with van der Waals surface area (Å²) in [6.45, 7) is 4.60. The van der Waals surface area contributed by atoms with Crippen LogP contribution in [0.3, 0.4) is 0 Å². The zero-order valence-electron chi connectivity index (χ0n) is 13.1. The number of anilines is 1. The van der Waals surface area contributed by atoms with Gasteiger partial charge in [0.25, 0.3) is 0 Å². The minimum atomic E-state index is -3.51. The normalized spacial score (nSPS) is 19.9. The number of nitrogens with zero attached hydrogens (tertiary/aromatic N) is 1. The van der Waals surface area contributed by atoms with Crippen LogP contribution < -0.4 is 5.32 Å². The number of hydrogen-bond donors (Lipinski definition) is 1. The lowest BCUT2D eigenvalue weighted by molar-refractivity contribution is -0.114. The quantitative estimate of drug-likeness (QED) is 0.855. The van der Waals surface area contributed by atoms with Gasteiger partial charge in [0.05, 0.1) is 10.6 Å². The monoisotopic (exact) mass is 342 g/mol. The maximum absolute atomic E-state index is 12.8. The Kier molecular flexibility index (Phi) is 5.52. The Hall–Kier alpha value is -1.05. The van der Waals surface area contributed by atoms with Crippen molar-refractivity contribution in [3.05, 3.63) is 18.2 Å². The highest BCUT2D eigenvalue weighted by molar-refractivity contribution is 7.98. The van der Waals surface area contributed by atoms with Gasteiger partial charge in [0, 0.05) is 24.9 Å². The maximum Gasteiger partial charge on any atom is 0.243 e. The van der Waals surface area contributed by atoms with Crippen molar-refractivity contribution in [2.45, 2.75) is 36.5 Å². The molecule has 1 saturated heterocycles. The number of nitrogens with one attached hydrogen (secondary N) is 1. The SMILES string of the molecule is CSc1ccc(S(=O)(=O)N2CCCC(C)C2)cc1NC(C)=O. The van der Waals surface area contributed by atoms with Gasteiger partial charge in [-0.25, -0.2) is 8.42 Å². The van der Waals surface area contributed by atoms with Gasteiger partial charge in [0.2, 0.25) is 15.9 Å². The fraction of sp³-hybridized carbons (Fsp3) is 0.533. The molecule has 0 radical (unpaired) electrons. The largest absolute Gasteiger partial charge is 0.325 e. The molecule has 0 aliphatic carbocycles. The standard InChI is InChI=1S/C15H22N2O3S2/c1-11-5-4-8-17(10-11)22(19,20)13-6-7-15(21-3)14(9-13)16-12(2)18/h6-7,9,11H,4-5,8,10H2,1-3H3,(H,16,18). The molecule has 2 rings (SSSR count). The van der Waals surface area contributed by atoms with Crippen molar-refractivity contribution in [2.24, 2.45) is 5.92 Å². The molecule has 0 aromatic heterocycles. The van der Waals surface area contributed by atoms with Gasteiger partial charge in [0.15, 0.2) is 0 Å². The molecule has 5 nitrogen and oxygen atoms in total. The molecule has 1 fully saturated rings. The zero-order chi connectivity index (χ0) is 16.3. The van der Waals surface area contributed by atoms with E-state index < -0.39 is 10.0 Å². The van der Waals surface area contributed by atoms with E-state index in [1.165, 1.54) is 18.7 Å². The van der Waals surface area contributed by atoms with Gasteiger partial charge in [-0.1, -0.05) is 6.92 Å². The second kappa shape index (κ2) is 7.02. The van der Waals surface area contributed by atoms with Gasteiger partial charge in [-0.3, -0.25) is 4.79 Å². The van der Waals surface area contributed by atoms with Crippen molar-refractivity contribution in [3.8, 4) is 0 Å². The smallest absolute Gasteiger partial charge is 0.243 e. The van der Waals surface area contributed by atoms with Gasteiger partial charge < -0.3 is 5.32 Å². The van der Waals surface area contributed by atoms with E-state index >= 15 is 0 Å². The Morgan fingerprint density at radius 1 is 1.41 bits per heavy atom. The van der Waals surface area contributed by atoms with Crippen molar-refractivity contribution in [1.82, 2.24) is 4.31 Å². The molecule has 1 aromatic carbocycles. The molecule has 1 atom stereocenters. The van der Waals surface area contributed by atoms with Crippen molar-refractivity contribution in [3.63, 3.8) is 0 Å². The predicted molar refractivity (Wildman–Crippen MR) is 89.7 cm³/mol. The number of hydrogen-bond acceptors (Lipinski definition) is 4. The first-order valence-electron chi connectivity index (χ1n) is 7.30. The molecule has 1 N–H and O–H groups in total. The van der Waals surface area contributed by atoms with Gasteiger partial charge in [-0.2, -0.15) is 4.31 Å². The summed E-state index contributed by atoms with van der Waals surface area (Å²) < 4.78 is 27.1. The van der Waals surface area contributed by atoms with E-state index in [1.807, 2.05) is 6.26 Å². The summed E-state index contributed by atoms with van der Waals surface area (Å²) in [6, 6.07) is 4.92. The van der Waals surface area contributed by atoms with Crippen LogP contribution in [0, 0.1) is 5.92 Å². The summed E-state index contributed by atoms with van der Waals surface area (Å²) in [6.07, 6.45) is 3.84. The Morgan fingerprint density at radius 2 is 2.14 bits per heavy atom. The van der Waals surface area contributed by atoms with E-state index in [0.29, 0.717) is 24.7 Å². The van der Waals surface area contributed by atoms with Crippen LogP contribution in [0.4, 0.5) is 5.69 Å². The highest BCUT2D eigenvalue weighted by atomic mass is 32.2. The maximum atomic E-state index is 12.8. The third-order valence-corrected chi connectivity index (χ3v) is 6.40. The number of rotatable bonds is 4. The third kappa shape index (κ3) is 3.83. The fourth-order valence-corrected chi connectivity index (χ4v) is 4.81. The molecular weight excluding hydrogens is 320 g/mol. The number of carbonyl (C=O) groups excluding carboxylic acids is 1. The number of sulfonamides is 1. The Morgan fingerprint density at radius 3 is 2.73 bits per heavy atom. The Labute approximate surface area is 136 Å². The van der Waals surface area contributed by atoms with Gasteiger partial charge in [-0.15, -0.1) is 11.8 Å². The van der Waals surface area contributed by atoms with Crippen LogP contribution in [0.15, 0.2) is 28.0 Å². The van der Waals surface area contributed by atoms with E-state index in [9.17, 15) is 13.2 Å². The molecule has 1 aliphatic heterocycles. The van der Waals surface area contributed by atoms with Crippen LogP contribution in [0.1, 0.15) is 26.7 Å². The lowest BCUT2D eigenvalue weighted by atomic mass is 10.0. The van der Waals surface area contributed by atoms with Crippen LogP contribution in [0.2, 0.25) is 0 Å². The van der Waals surface area contributed by atoms with Gasteiger partial charge in [-0.05, 0) is 43.2 Å². The summed E-state index contributed by atoms with van der Waals surface area (Å²) in [5.41, 5.74) is 0.547. The first kappa shape index (κ1) is 17.3. The number of benzene rings is 1. The van der Waals surface area contributed by atoms with Crippen LogP contribution in [-0.4, -0.2) is 38.0 Å². The summed E-state index contributed by atoms with van der Waals surface area (Å²) in [5, 5.41) is 2.71. The molecular formula is C15H22N2O3S2. The molecule has 1 amide bonds. The summed E-state index contributed by atoms with van der Waals surface area (Å²) in [5.74, 6) is 0.167. The van der Waals surface area contributed by atoms with Crippen LogP contribution in [0.25, 0.3) is 0 Å². The van der Waals surface area contributed by atoms with Gasteiger partial charge in [0.1, 0.15) is 0 Å². The van der Waals surface area contributed by atoms with E-state index in [1.54, 1.807) is 22.5 Å². The number of piperidine rings is 1. The second-order valence-corrected chi connectivity index (χ2v) is 8.44. The van der Waals surface area contributed by atoms with E-state index in [0.717, 1.165) is 17.7 Å². The molecule has 1 unspecified atom stereocenters. The third-order valence-electron chi connectivity index (χ3n) is 3.74. The molecule has 1 heterocycles. The van der Waals surface area contributed by atoms with E-state index in [2.05, 4.69) is 12.2 Å². The molecule has 0 spiro atoms. The minimum absolute atomic E-state index is 0.212. The van der Waals surface area contributed by atoms with Crippen molar-refractivity contribution < 1.29 is 13.2 Å². The Bertz CT molecular complexity index is 659. The topological polar surface area (TPSA) is 66.5 Å². The van der Waals surface area contributed by atoms with Crippen molar-refractivity contribution in [2.75, 3.05) is 24.7 Å². The summed E-state index contributed by atoms with van der Waals surface area (Å²) in [4.78, 5) is 12.4. The zero-order valence-corrected chi connectivity index (χ0v) is 14.8. The lowest BCUT2D eigenvalue weighted by Gasteiger charge is -2.30. The molecule has 1 aromatic rings. The van der Waals surface area contributed by atoms with Crippen LogP contribution in [0.5, 0.6) is 0 Å². The molecule has 22 heavy (non-hydrogen) atoms. The average Bonchev–Trinajstić information content (AvgIpc) is 2.46. The summed E-state index contributed by atoms with van der Waals surface area (Å²) >= 11 is 1.47. The van der Waals surface area contributed by atoms with E-state index in [4.69, 9.17) is 0 Å². The molecule has 7 heteroatoms. The molecule has 1 aliphatic rings. The highest BCUT2D eigenvalue weighted by Crippen LogP contribution is 2.30. The van der Waals surface area contributed by atoms with Crippen molar-refractivity contribution >= 4 is 33.4 Å². The fourth-order valence-electron chi connectivity index (χ4n) is 2.65. The molecule has 0 saturated carbocycles. The van der Waals surface area contributed by atoms with Crippen LogP contribution in [-0.2, 0) is 14.8 Å². The minimum Gasteiger partial charge on any atom is -0.325 e. The number of amides is 1. The first-order valence-corrected chi connectivity index (χ1v) is 9.97. The van der Waals surface area contributed by atoms with Crippen LogP contribution >= 0.6 is 11.8 Å². The lowest BCUT2D eigenvalue weighted by Crippen LogP contribution is -2.39. The van der Waals surface area contributed by atoms with Crippen molar-refractivity contribution in [1.29, 1.82) is 0 Å². The number of thioether (sulfide) groups is 1.